The fourth-order valence-electron chi connectivity index (χ4n) is 2.77. The fraction of sp³-hybridized carbons (Fsp3) is 0.533. The lowest BCUT2D eigenvalue weighted by atomic mass is 9.84. The summed E-state index contributed by atoms with van der Waals surface area (Å²) in [5.41, 5.74) is 1.01. The Hall–Kier alpha value is -1.16. The third-order valence-corrected chi connectivity index (χ3v) is 5.55. The van der Waals surface area contributed by atoms with Gasteiger partial charge in [0.15, 0.2) is 0 Å². The van der Waals surface area contributed by atoms with E-state index in [1.54, 1.807) is 0 Å². The van der Waals surface area contributed by atoms with Crippen molar-refractivity contribution in [3.63, 3.8) is 0 Å². The molecule has 2 unspecified atom stereocenters. The summed E-state index contributed by atoms with van der Waals surface area (Å²) in [7, 11) is -3.02. The van der Waals surface area contributed by atoms with Crippen LogP contribution in [0, 0.1) is 5.92 Å². The SMILES string of the molecule is CS(=O)(=O)C1CCCC(C(=O)Cc2ccccc2)C1. The van der Waals surface area contributed by atoms with Crippen LogP contribution in [0.1, 0.15) is 31.2 Å². The Morgan fingerprint density at radius 2 is 1.89 bits per heavy atom. The number of rotatable bonds is 4. The van der Waals surface area contributed by atoms with E-state index in [0.29, 0.717) is 19.3 Å². The van der Waals surface area contributed by atoms with Crippen LogP contribution in [0.5, 0.6) is 0 Å². The molecule has 19 heavy (non-hydrogen) atoms. The van der Waals surface area contributed by atoms with Gasteiger partial charge in [0, 0.05) is 18.6 Å². The molecular weight excluding hydrogens is 260 g/mol. The molecule has 1 fully saturated rings. The molecule has 1 aliphatic rings. The van der Waals surface area contributed by atoms with Crippen molar-refractivity contribution in [3.05, 3.63) is 35.9 Å². The summed E-state index contributed by atoms with van der Waals surface area (Å²) in [5.74, 6) is 0.0910. The Bertz CT molecular complexity index is 534. The molecule has 0 aromatic heterocycles. The number of hydrogen-bond donors (Lipinski definition) is 0. The van der Waals surface area contributed by atoms with E-state index >= 15 is 0 Å². The molecule has 1 saturated carbocycles. The van der Waals surface area contributed by atoms with Crippen LogP contribution < -0.4 is 0 Å². The van der Waals surface area contributed by atoms with Crippen molar-refractivity contribution in [1.29, 1.82) is 0 Å². The number of carbonyl (C=O) groups is 1. The van der Waals surface area contributed by atoms with Crippen LogP contribution >= 0.6 is 0 Å². The predicted octanol–water partition coefficient (Wildman–Crippen LogP) is 2.40. The molecule has 0 saturated heterocycles. The molecule has 1 aliphatic carbocycles. The molecule has 0 radical (unpaired) electrons. The highest BCUT2D eigenvalue weighted by Gasteiger charge is 2.32. The summed E-state index contributed by atoms with van der Waals surface area (Å²) in [6.45, 7) is 0. The van der Waals surface area contributed by atoms with E-state index in [0.717, 1.165) is 18.4 Å². The lowest BCUT2D eigenvalue weighted by Gasteiger charge is -2.27. The molecule has 0 bridgehead atoms. The monoisotopic (exact) mass is 280 g/mol. The summed E-state index contributed by atoms with van der Waals surface area (Å²) in [6, 6.07) is 9.64. The first-order valence-corrected chi connectivity index (χ1v) is 8.68. The van der Waals surface area contributed by atoms with Crippen LogP contribution in [-0.4, -0.2) is 25.7 Å². The van der Waals surface area contributed by atoms with Crippen molar-refractivity contribution in [2.75, 3.05) is 6.26 Å². The molecule has 3 nitrogen and oxygen atoms in total. The van der Waals surface area contributed by atoms with Crippen LogP contribution in [0.25, 0.3) is 0 Å². The standard InChI is InChI=1S/C15H20O3S/c1-19(17,18)14-9-5-8-13(11-14)15(16)10-12-6-3-2-4-7-12/h2-4,6-7,13-14H,5,8-11H2,1H3. The first-order chi connectivity index (χ1) is 8.97. The maximum absolute atomic E-state index is 12.2. The smallest absolute Gasteiger partial charge is 0.150 e. The van der Waals surface area contributed by atoms with Crippen LogP contribution in [0.4, 0.5) is 0 Å². The minimum Gasteiger partial charge on any atom is -0.299 e. The maximum Gasteiger partial charge on any atom is 0.150 e. The first-order valence-electron chi connectivity index (χ1n) is 6.72. The second-order valence-corrected chi connectivity index (χ2v) is 7.77. The topological polar surface area (TPSA) is 51.2 Å². The first kappa shape index (κ1) is 14.3. The molecule has 4 heteroatoms. The van der Waals surface area contributed by atoms with Crippen molar-refractivity contribution in [2.45, 2.75) is 37.4 Å². The number of Topliss-reactive ketones (excluding diaryl/α,β-unsaturated/α-hetero) is 1. The molecule has 0 spiro atoms. The van der Waals surface area contributed by atoms with Crippen molar-refractivity contribution in [2.24, 2.45) is 5.92 Å². The van der Waals surface area contributed by atoms with Crippen molar-refractivity contribution in [3.8, 4) is 0 Å². The van der Waals surface area contributed by atoms with Crippen molar-refractivity contribution < 1.29 is 13.2 Å². The van der Waals surface area contributed by atoms with Crippen molar-refractivity contribution in [1.82, 2.24) is 0 Å². The van der Waals surface area contributed by atoms with Gasteiger partial charge in [0.2, 0.25) is 0 Å². The van der Waals surface area contributed by atoms with Gasteiger partial charge in [0.05, 0.1) is 5.25 Å². The van der Waals surface area contributed by atoms with Gasteiger partial charge in [-0.1, -0.05) is 36.8 Å². The zero-order chi connectivity index (χ0) is 13.9. The highest BCUT2D eigenvalue weighted by molar-refractivity contribution is 7.91. The Balaban J connectivity index is 2.00. The zero-order valence-electron chi connectivity index (χ0n) is 11.2. The van der Waals surface area contributed by atoms with Gasteiger partial charge in [0.25, 0.3) is 0 Å². The fourth-order valence-corrected chi connectivity index (χ4v) is 3.94. The maximum atomic E-state index is 12.2. The van der Waals surface area contributed by atoms with Gasteiger partial charge in [-0.05, 0) is 24.8 Å². The van der Waals surface area contributed by atoms with Crippen LogP contribution in [-0.2, 0) is 21.1 Å². The molecule has 1 aromatic rings. The minimum absolute atomic E-state index is 0.0892. The average Bonchev–Trinajstić information content (AvgIpc) is 2.39. The van der Waals surface area contributed by atoms with E-state index in [1.807, 2.05) is 30.3 Å². The highest BCUT2D eigenvalue weighted by Crippen LogP contribution is 2.29. The van der Waals surface area contributed by atoms with Gasteiger partial charge < -0.3 is 0 Å². The third-order valence-electron chi connectivity index (χ3n) is 3.91. The second kappa shape index (κ2) is 5.87. The molecule has 0 aliphatic heterocycles. The number of sulfone groups is 1. The second-order valence-electron chi connectivity index (χ2n) is 5.44. The summed E-state index contributed by atoms with van der Waals surface area (Å²) in [4.78, 5) is 12.2. The van der Waals surface area contributed by atoms with Gasteiger partial charge >= 0.3 is 0 Å². The van der Waals surface area contributed by atoms with Crippen molar-refractivity contribution >= 4 is 15.6 Å². The normalized spacial score (nSPS) is 24.1. The molecule has 0 amide bonds. The van der Waals surface area contributed by atoms with Gasteiger partial charge in [-0.2, -0.15) is 0 Å². The highest BCUT2D eigenvalue weighted by atomic mass is 32.2. The Morgan fingerprint density at radius 3 is 2.53 bits per heavy atom. The number of ketones is 1. The lowest BCUT2D eigenvalue weighted by molar-refractivity contribution is -0.123. The van der Waals surface area contributed by atoms with E-state index in [-0.39, 0.29) is 17.0 Å². The minimum atomic E-state index is -3.02. The number of hydrogen-bond acceptors (Lipinski definition) is 3. The molecule has 104 valence electrons. The Morgan fingerprint density at radius 1 is 1.21 bits per heavy atom. The largest absolute Gasteiger partial charge is 0.299 e. The zero-order valence-corrected chi connectivity index (χ0v) is 12.0. The molecule has 0 N–H and O–H groups in total. The van der Waals surface area contributed by atoms with E-state index in [4.69, 9.17) is 0 Å². The van der Waals surface area contributed by atoms with Gasteiger partial charge in [-0.15, -0.1) is 0 Å². The average molecular weight is 280 g/mol. The van der Waals surface area contributed by atoms with E-state index < -0.39 is 9.84 Å². The Kier molecular flexibility index (Phi) is 4.40. The Labute approximate surface area is 114 Å². The molecule has 2 rings (SSSR count). The lowest BCUT2D eigenvalue weighted by Crippen LogP contribution is -2.31. The van der Waals surface area contributed by atoms with Gasteiger partial charge in [-0.25, -0.2) is 8.42 Å². The van der Waals surface area contributed by atoms with Crippen LogP contribution in [0.2, 0.25) is 0 Å². The summed E-state index contributed by atoms with van der Waals surface area (Å²) in [5, 5.41) is -0.328. The van der Waals surface area contributed by atoms with E-state index in [2.05, 4.69) is 0 Å². The van der Waals surface area contributed by atoms with E-state index in [1.165, 1.54) is 6.26 Å². The van der Waals surface area contributed by atoms with Gasteiger partial charge in [-0.3, -0.25) is 4.79 Å². The summed E-state index contributed by atoms with van der Waals surface area (Å²) >= 11 is 0. The summed E-state index contributed by atoms with van der Waals surface area (Å²) < 4.78 is 23.2. The van der Waals surface area contributed by atoms with Crippen LogP contribution in [0.15, 0.2) is 30.3 Å². The molecule has 1 aromatic carbocycles. The molecule has 2 atom stereocenters. The van der Waals surface area contributed by atoms with Crippen LogP contribution in [0.3, 0.4) is 0 Å². The predicted molar refractivity (Wildman–Crippen MR) is 75.7 cm³/mol. The third kappa shape index (κ3) is 3.90. The quantitative estimate of drug-likeness (QED) is 0.851. The molecular formula is C15H20O3S. The molecule has 0 heterocycles. The van der Waals surface area contributed by atoms with E-state index in [9.17, 15) is 13.2 Å². The number of benzene rings is 1. The summed E-state index contributed by atoms with van der Waals surface area (Å²) in [6.07, 6.45) is 4.57. The number of carbonyl (C=O) groups excluding carboxylic acids is 1. The van der Waals surface area contributed by atoms with Gasteiger partial charge in [0.1, 0.15) is 15.6 Å².